The van der Waals surface area contributed by atoms with Crippen LogP contribution in [0.25, 0.3) is 0 Å². The summed E-state index contributed by atoms with van der Waals surface area (Å²) in [5, 5.41) is 2.18. The first kappa shape index (κ1) is 16.2. The molecule has 23 heavy (non-hydrogen) atoms. The predicted octanol–water partition coefficient (Wildman–Crippen LogP) is 2.02. The molecule has 4 nitrogen and oxygen atoms in total. The number of nitrogens with two attached hydrogens (primary N) is 1. The van der Waals surface area contributed by atoms with Crippen LogP contribution in [-0.4, -0.2) is 23.9 Å². The van der Waals surface area contributed by atoms with Gasteiger partial charge in [-0.1, -0.05) is 31.5 Å². The Morgan fingerprint density at radius 3 is 2.48 bits per heavy atom. The van der Waals surface area contributed by atoms with Gasteiger partial charge in [0.05, 0.1) is 18.2 Å². The summed E-state index contributed by atoms with van der Waals surface area (Å²) in [4.78, 5) is 26.5. The van der Waals surface area contributed by atoms with E-state index in [9.17, 15) is 9.59 Å². The second kappa shape index (κ2) is 6.44. The van der Waals surface area contributed by atoms with Gasteiger partial charge in [0, 0.05) is 5.92 Å². The molecule has 124 valence electrons. The highest BCUT2D eigenvalue weighted by Gasteiger charge is 2.44. The average molecular weight is 315 g/mol. The molecule has 0 radical (unpaired) electrons. The van der Waals surface area contributed by atoms with Gasteiger partial charge in [-0.25, -0.2) is 4.90 Å². The first-order chi connectivity index (χ1) is 11.0. The van der Waals surface area contributed by atoms with E-state index in [1.807, 2.05) is 31.2 Å². The number of amides is 2. The molecule has 1 aliphatic carbocycles. The number of hydrogen-bond donors (Lipinski definition) is 1. The Bertz CT molecular complexity index is 596. The number of hydrogen-bond acceptors (Lipinski definition) is 2. The second-order valence-corrected chi connectivity index (χ2v) is 7.34. The van der Waals surface area contributed by atoms with Crippen LogP contribution in [0.4, 0.5) is 5.69 Å². The lowest BCUT2D eigenvalue weighted by molar-refractivity contribution is -0.716. The van der Waals surface area contributed by atoms with Crippen LogP contribution >= 0.6 is 0 Å². The molecule has 2 fully saturated rings. The Morgan fingerprint density at radius 2 is 1.78 bits per heavy atom. The third-order valence-corrected chi connectivity index (χ3v) is 5.72. The maximum absolute atomic E-state index is 12.7. The minimum atomic E-state index is -0.249. The van der Waals surface area contributed by atoms with Crippen molar-refractivity contribution in [2.45, 2.75) is 58.5 Å². The molecule has 3 rings (SSSR count). The second-order valence-electron chi connectivity index (χ2n) is 7.34. The normalized spacial score (nSPS) is 31.7. The molecule has 0 spiro atoms. The Kier molecular flexibility index (Phi) is 4.53. The minimum absolute atomic E-state index is 0.0516. The number of benzene rings is 1. The van der Waals surface area contributed by atoms with Crippen molar-refractivity contribution in [3.05, 3.63) is 29.8 Å². The van der Waals surface area contributed by atoms with Gasteiger partial charge < -0.3 is 5.32 Å². The van der Waals surface area contributed by atoms with E-state index in [-0.39, 0.29) is 17.9 Å². The summed E-state index contributed by atoms with van der Waals surface area (Å²) in [5.74, 6) is 1.17. The van der Waals surface area contributed by atoms with Gasteiger partial charge in [-0.2, -0.15) is 0 Å². The molecule has 1 aliphatic heterocycles. The lowest BCUT2D eigenvalue weighted by Crippen LogP contribution is -2.97. The molecule has 2 N–H and O–H groups in total. The monoisotopic (exact) mass is 315 g/mol. The topological polar surface area (TPSA) is 54.0 Å². The maximum atomic E-state index is 12.7. The zero-order chi connectivity index (χ0) is 16.6. The standard InChI is InChI=1S/C19H26N2O2/c1-12-7-9-15(10-8-12)21-18(22)11-17(19(21)23)20-16-6-4-5-13(2)14(16)3/h7-10,13-14,16-17,20H,4-6,11H2,1-3H3/p+1/t13-,14-,16+,17-/m0/s1. The zero-order valence-electron chi connectivity index (χ0n) is 14.3. The van der Waals surface area contributed by atoms with Crippen LogP contribution in [0.15, 0.2) is 24.3 Å². The van der Waals surface area contributed by atoms with Gasteiger partial charge >= 0.3 is 0 Å². The molecule has 1 saturated heterocycles. The zero-order valence-corrected chi connectivity index (χ0v) is 14.3. The fourth-order valence-corrected chi connectivity index (χ4v) is 3.96. The first-order valence-corrected chi connectivity index (χ1v) is 8.76. The van der Waals surface area contributed by atoms with Gasteiger partial charge in [0.2, 0.25) is 5.91 Å². The fourth-order valence-electron chi connectivity index (χ4n) is 3.96. The molecule has 1 aromatic rings. The van der Waals surface area contributed by atoms with E-state index < -0.39 is 0 Å². The molecular formula is C19H27N2O2+. The van der Waals surface area contributed by atoms with Crippen molar-refractivity contribution in [1.82, 2.24) is 0 Å². The number of nitrogens with zero attached hydrogens (tertiary/aromatic N) is 1. The molecule has 1 saturated carbocycles. The highest BCUT2D eigenvalue weighted by Crippen LogP contribution is 2.28. The molecule has 0 bridgehead atoms. The minimum Gasteiger partial charge on any atom is -0.333 e. The number of carbonyl (C=O) groups is 2. The lowest BCUT2D eigenvalue weighted by atomic mass is 9.78. The summed E-state index contributed by atoms with van der Waals surface area (Å²) in [5.41, 5.74) is 1.83. The molecule has 1 aromatic carbocycles. The summed E-state index contributed by atoms with van der Waals surface area (Å²) in [6.07, 6.45) is 3.97. The Balaban J connectivity index is 1.72. The van der Waals surface area contributed by atoms with Gasteiger partial charge in [0.15, 0.2) is 6.04 Å². The number of quaternary nitrogens is 1. The molecule has 0 unspecified atom stereocenters. The largest absolute Gasteiger partial charge is 0.333 e. The number of carbonyl (C=O) groups excluding carboxylic acids is 2. The summed E-state index contributed by atoms with van der Waals surface area (Å²) in [7, 11) is 0. The maximum Gasteiger partial charge on any atom is 0.292 e. The van der Waals surface area contributed by atoms with Gasteiger partial charge in [-0.15, -0.1) is 0 Å². The van der Waals surface area contributed by atoms with E-state index in [0.717, 1.165) is 12.0 Å². The van der Waals surface area contributed by atoms with E-state index in [4.69, 9.17) is 0 Å². The number of rotatable bonds is 3. The third kappa shape index (κ3) is 3.18. The van der Waals surface area contributed by atoms with Crippen LogP contribution in [0, 0.1) is 18.8 Å². The lowest BCUT2D eigenvalue weighted by Gasteiger charge is -2.33. The van der Waals surface area contributed by atoms with Crippen molar-refractivity contribution in [2.75, 3.05) is 4.90 Å². The van der Waals surface area contributed by atoms with Crippen LogP contribution in [-0.2, 0) is 9.59 Å². The van der Waals surface area contributed by atoms with Crippen molar-refractivity contribution in [2.24, 2.45) is 11.8 Å². The van der Waals surface area contributed by atoms with Crippen LogP contribution in [0.5, 0.6) is 0 Å². The molecule has 2 aliphatic rings. The Morgan fingerprint density at radius 1 is 1.09 bits per heavy atom. The van der Waals surface area contributed by atoms with E-state index in [1.54, 1.807) is 0 Å². The van der Waals surface area contributed by atoms with E-state index in [1.165, 1.54) is 17.7 Å². The van der Waals surface area contributed by atoms with Crippen LogP contribution < -0.4 is 10.2 Å². The highest BCUT2D eigenvalue weighted by molar-refractivity contribution is 6.21. The number of imide groups is 1. The fraction of sp³-hybridized carbons (Fsp3) is 0.579. The van der Waals surface area contributed by atoms with Gasteiger partial charge in [0.1, 0.15) is 0 Å². The van der Waals surface area contributed by atoms with Crippen molar-refractivity contribution in [3.8, 4) is 0 Å². The molecule has 4 atom stereocenters. The van der Waals surface area contributed by atoms with Crippen LogP contribution in [0.2, 0.25) is 0 Å². The summed E-state index contributed by atoms with van der Waals surface area (Å²) in [6.45, 7) is 6.58. The van der Waals surface area contributed by atoms with Crippen molar-refractivity contribution < 1.29 is 14.9 Å². The highest BCUT2D eigenvalue weighted by atomic mass is 16.2. The summed E-state index contributed by atoms with van der Waals surface area (Å²) >= 11 is 0. The molecule has 1 heterocycles. The van der Waals surface area contributed by atoms with Gasteiger partial charge in [0.25, 0.3) is 5.91 Å². The Hall–Kier alpha value is -1.68. The summed E-state index contributed by atoms with van der Waals surface area (Å²) < 4.78 is 0. The van der Waals surface area contributed by atoms with E-state index >= 15 is 0 Å². The average Bonchev–Trinajstić information content (AvgIpc) is 2.79. The smallest absolute Gasteiger partial charge is 0.292 e. The molecule has 4 heteroatoms. The molecular weight excluding hydrogens is 288 g/mol. The van der Waals surface area contributed by atoms with E-state index in [2.05, 4.69) is 19.2 Å². The predicted molar refractivity (Wildman–Crippen MR) is 90.0 cm³/mol. The number of aryl methyl sites for hydroxylation is 1. The van der Waals surface area contributed by atoms with Crippen LogP contribution in [0.3, 0.4) is 0 Å². The first-order valence-electron chi connectivity index (χ1n) is 8.76. The Labute approximate surface area is 138 Å². The van der Waals surface area contributed by atoms with Gasteiger partial charge in [-0.05, 0) is 44.2 Å². The number of anilines is 1. The quantitative estimate of drug-likeness (QED) is 0.868. The van der Waals surface area contributed by atoms with Gasteiger partial charge in [-0.3, -0.25) is 9.59 Å². The van der Waals surface area contributed by atoms with Crippen LogP contribution in [0.1, 0.15) is 45.1 Å². The SMILES string of the molecule is Cc1ccc(N2C(=O)C[C@H]([NH2+][C@@H]3CCC[C@H](C)[C@@H]3C)C2=O)cc1. The van der Waals surface area contributed by atoms with E-state index in [0.29, 0.717) is 30.0 Å². The van der Waals surface area contributed by atoms with Crippen molar-refractivity contribution in [1.29, 1.82) is 0 Å². The summed E-state index contributed by atoms with van der Waals surface area (Å²) in [6, 6.07) is 7.81. The molecule has 0 aromatic heterocycles. The third-order valence-electron chi connectivity index (χ3n) is 5.72. The van der Waals surface area contributed by atoms with Crippen molar-refractivity contribution >= 4 is 17.5 Å². The van der Waals surface area contributed by atoms with Crippen molar-refractivity contribution in [3.63, 3.8) is 0 Å². The molecule has 2 amide bonds.